The molecule has 5 rings (SSSR count). The van der Waals surface area contributed by atoms with Crippen LogP contribution in [0.2, 0.25) is 5.15 Å². The second-order valence-corrected chi connectivity index (χ2v) is 7.07. The Kier molecular flexibility index (Phi) is 2.41. The molecule has 0 radical (unpaired) electrons. The zero-order valence-corrected chi connectivity index (χ0v) is 11.5. The molecule has 0 unspecified atom stereocenters. The summed E-state index contributed by atoms with van der Waals surface area (Å²) >= 11 is 6.10. The van der Waals surface area contributed by atoms with Crippen molar-refractivity contribution in [2.75, 3.05) is 0 Å². The second-order valence-electron chi connectivity index (χ2n) is 6.71. The van der Waals surface area contributed by atoms with Crippen LogP contribution in [-0.2, 0) is 5.41 Å². The first-order chi connectivity index (χ1) is 9.18. The summed E-state index contributed by atoms with van der Waals surface area (Å²) in [5, 5.41) is 9.25. The van der Waals surface area contributed by atoms with Crippen molar-refractivity contribution in [3.8, 4) is 6.07 Å². The van der Waals surface area contributed by atoms with Gasteiger partial charge in [-0.25, -0.2) is 9.97 Å². The molecule has 19 heavy (non-hydrogen) atoms. The van der Waals surface area contributed by atoms with E-state index in [0.717, 1.165) is 23.6 Å². The van der Waals surface area contributed by atoms with Crippen molar-refractivity contribution < 1.29 is 0 Å². The van der Waals surface area contributed by atoms with Gasteiger partial charge in [-0.3, -0.25) is 0 Å². The quantitative estimate of drug-likeness (QED) is 0.736. The van der Waals surface area contributed by atoms with Crippen molar-refractivity contribution >= 4 is 11.6 Å². The normalized spacial score (nSPS) is 39.3. The molecule has 4 aliphatic carbocycles. The third kappa shape index (κ3) is 1.70. The molecule has 0 N–H and O–H groups in total. The van der Waals surface area contributed by atoms with Gasteiger partial charge in [0.15, 0.2) is 5.15 Å². The number of halogens is 1. The monoisotopic (exact) mass is 273 g/mol. The van der Waals surface area contributed by atoms with Crippen LogP contribution in [0.4, 0.5) is 0 Å². The molecule has 4 bridgehead atoms. The number of hydrogen-bond donors (Lipinski definition) is 0. The fourth-order valence-electron chi connectivity index (χ4n) is 5.08. The van der Waals surface area contributed by atoms with Crippen LogP contribution in [0, 0.1) is 29.1 Å². The van der Waals surface area contributed by atoms with Crippen LogP contribution in [0.15, 0.2) is 6.20 Å². The largest absolute Gasteiger partial charge is 0.239 e. The third-order valence-corrected chi connectivity index (χ3v) is 5.66. The topological polar surface area (TPSA) is 49.6 Å². The van der Waals surface area contributed by atoms with Crippen LogP contribution in [0.5, 0.6) is 0 Å². The van der Waals surface area contributed by atoms with Crippen LogP contribution >= 0.6 is 11.6 Å². The van der Waals surface area contributed by atoms with E-state index in [1.165, 1.54) is 38.5 Å². The van der Waals surface area contributed by atoms with Crippen molar-refractivity contribution in [1.82, 2.24) is 9.97 Å². The SMILES string of the molecule is N#Cc1cnc(C23CC4CC(CC(C4)C2)C3)nc1Cl. The molecule has 3 nitrogen and oxygen atoms in total. The molecular formula is C15H16ClN3. The molecule has 0 amide bonds. The first kappa shape index (κ1) is 11.7. The van der Waals surface area contributed by atoms with Crippen LogP contribution in [0.3, 0.4) is 0 Å². The molecule has 4 aliphatic rings. The Bertz CT molecular complexity index is 540. The van der Waals surface area contributed by atoms with Gasteiger partial charge in [0.2, 0.25) is 0 Å². The Morgan fingerprint density at radius 2 is 1.74 bits per heavy atom. The van der Waals surface area contributed by atoms with Gasteiger partial charge in [-0.05, 0) is 56.3 Å². The molecule has 0 aliphatic heterocycles. The van der Waals surface area contributed by atoms with Crippen LogP contribution in [0.25, 0.3) is 0 Å². The summed E-state index contributed by atoms with van der Waals surface area (Å²) in [4.78, 5) is 8.95. The molecule has 1 heterocycles. The Balaban J connectivity index is 1.76. The Morgan fingerprint density at radius 1 is 1.16 bits per heavy atom. The molecule has 0 atom stereocenters. The van der Waals surface area contributed by atoms with Gasteiger partial charge in [0.25, 0.3) is 0 Å². The van der Waals surface area contributed by atoms with Crippen molar-refractivity contribution in [2.45, 2.75) is 43.9 Å². The van der Waals surface area contributed by atoms with Gasteiger partial charge in [0, 0.05) is 11.6 Å². The number of hydrogen-bond acceptors (Lipinski definition) is 3. The predicted molar refractivity (Wildman–Crippen MR) is 71.6 cm³/mol. The van der Waals surface area contributed by atoms with E-state index in [1.807, 2.05) is 6.07 Å². The van der Waals surface area contributed by atoms with Gasteiger partial charge in [-0.1, -0.05) is 11.6 Å². The molecule has 1 aromatic rings. The van der Waals surface area contributed by atoms with E-state index < -0.39 is 0 Å². The van der Waals surface area contributed by atoms with E-state index in [0.29, 0.717) is 10.7 Å². The number of nitrogens with zero attached hydrogens (tertiary/aromatic N) is 3. The minimum absolute atomic E-state index is 0.159. The standard InChI is InChI=1S/C15H16ClN3/c16-13-12(7-17)8-18-14(19-13)15-4-9-1-10(5-15)3-11(2-9)6-15/h8-11H,1-6H2. The Morgan fingerprint density at radius 3 is 2.21 bits per heavy atom. The maximum atomic E-state index is 8.93. The summed E-state index contributed by atoms with van der Waals surface area (Å²) in [5.41, 5.74) is 0.543. The van der Waals surface area contributed by atoms with Crippen molar-refractivity contribution in [1.29, 1.82) is 5.26 Å². The van der Waals surface area contributed by atoms with Crippen LogP contribution in [0.1, 0.15) is 49.9 Å². The van der Waals surface area contributed by atoms with Crippen molar-refractivity contribution in [2.24, 2.45) is 17.8 Å². The lowest BCUT2D eigenvalue weighted by molar-refractivity contribution is -0.00940. The molecule has 1 aromatic heterocycles. The minimum Gasteiger partial charge on any atom is -0.239 e. The fraction of sp³-hybridized carbons (Fsp3) is 0.667. The average molecular weight is 274 g/mol. The number of aromatic nitrogens is 2. The molecule has 0 aromatic carbocycles. The van der Waals surface area contributed by atoms with Gasteiger partial charge >= 0.3 is 0 Å². The smallest absolute Gasteiger partial charge is 0.150 e. The summed E-state index contributed by atoms with van der Waals surface area (Å²) in [5.74, 6) is 3.49. The zero-order chi connectivity index (χ0) is 13.0. The summed E-state index contributed by atoms with van der Waals surface area (Å²) in [6.07, 6.45) is 9.49. The predicted octanol–water partition coefficient (Wildman–Crippen LogP) is 3.47. The maximum absolute atomic E-state index is 8.93. The van der Waals surface area contributed by atoms with E-state index in [-0.39, 0.29) is 5.41 Å². The highest BCUT2D eigenvalue weighted by atomic mass is 35.5. The van der Waals surface area contributed by atoms with Gasteiger partial charge in [0.1, 0.15) is 17.5 Å². The molecule has 0 saturated heterocycles. The highest BCUT2D eigenvalue weighted by Crippen LogP contribution is 2.60. The molecule has 0 spiro atoms. The summed E-state index contributed by atoms with van der Waals surface area (Å²) in [6.45, 7) is 0. The first-order valence-electron chi connectivity index (χ1n) is 7.12. The van der Waals surface area contributed by atoms with E-state index in [4.69, 9.17) is 16.9 Å². The zero-order valence-electron chi connectivity index (χ0n) is 10.8. The highest BCUT2D eigenvalue weighted by Gasteiger charge is 2.53. The Hall–Kier alpha value is -1.14. The van der Waals surface area contributed by atoms with E-state index in [9.17, 15) is 0 Å². The van der Waals surface area contributed by atoms with Gasteiger partial charge in [0.05, 0.1) is 0 Å². The van der Waals surface area contributed by atoms with Gasteiger partial charge < -0.3 is 0 Å². The molecule has 98 valence electrons. The highest BCUT2D eigenvalue weighted by molar-refractivity contribution is 6.30. The summed E-state index contributed by atoms with van der Waals surface area (Å²) in [6, 6.07) is 2.04. The van der Waals surface area contributed by atoms with Crippen molar-refractivity contribution in [3.05, 3.63) is 22.7 Å². The fourth-order valence-corrected chi connectivity index (χ4v) is 5.25. The lowest BCUT2D eigenvalue weighted by Crippen LogP contribution is -2.49. The number of nitriles is 1. The molecule has 4 fully saturated rings. The number of rotatable bonds is 1. The van der Waals surface area contributed by atoms with Crippen molar-refractivity contribution in [3.63, 3.8) is 0 Å². The average Bonchev–Trinajstić information content (AvgIpc) is 2.37. The van der Waals surface area contributed by atoms with Crippen LogP contribution in [-0.4, -0.2) is 9.97 Å². The molecule has 4 heteroatoms. The molecular weight excluding hydrogens is 258 g/mol. The van der Waals surface area contributed by atoms with E-state index in [1.54, 1.807) is 6.20 Å². The maximum Gasteiger partial charge on any atom is 0.150 e. The third-order valence-electron chi connectivity index (χ3n) is 5.38. The van der Waals surface area contributed by atoms with Gasteiger partial charge in [-0.15, -0.1) is 0 Å². The lowest BCUT2D eigenvalue weighted by atomic mass is 9.49. The first-order valence-corrected chi connectivity index (χ1v) is 7.49. The Labute approximate surface area is 118 Å². The van der Waals surface area contributed by atoms with Gasteiger partial charge in [-0.2, -0.15) is 5.26 Å². The van der Waals surface area contributed by atoms with E-state index >= 15 is 0 Å². The van der Waals surface area contributed by atoms with Crippen LogP contribution < -0.4 is 0 Å². The lowest BCUT2D eigenvalue weighted by Gasteiger charge is -2.55. The second kappa shape index (κ2) is 3.93. The summed E-state index contributed by atoms with van der Waals surface area (Å²) in [7, 11) is 0. The minimum atomic E-state index is 0.159. The summed E-state index contributed by atoms with van der Waals surface area (Å²) < 4.78 is 0. The van der Waals surface area contributed by atoms with E-state index in [2.05, 4.69) is 9.97 Å². The molecule has 4 saturated carbocycles.